The minimum absolute atomic E-state index is 0.615. The zero-order chi connectivity index (χ0) is 12.1. The standard InChI is InChI=1S/C14H30N2/c1-6-14(11(2)3)16-9-7-8-13(10-16)15-12(4)5/h11-15H,6-10H2,1-5H3. The zero-order valence-electron chi connectivity index (χ0n) is 11.8. The number of hydrogen-bond donors (Lipinski definition) is 1. The van der Waals surface area contributed by atoms with Gasteiger partial charge < -0.3 is 5.32 Å². The molecule has 1 rings (SSSR count). The van der Waals surface area contributed by atoms with E-state index in [1.165, 1.54) is 32.4 Å². The normalized spacial score (nSPS) is 25.3. The fraction of sp³-hybridized carbons (Fsp3) is 1.00. The van der Waals surface area contributed by atoms with Crippen LogP contribution in [0.2, 0.25) is 0 Å². The van der Waals surface area contributed by atoms with Crippen molar-refractivity contribution >= 4 is 0 Å². The number of piperidine rings is 1. The molecule has 0 aromatic rings. The fourth-order valence-electron chi connectivity index (χ4n) is 3.07. The highest BCUT2D eigenvalue weighted by Crippen LogP contribution is 2.20. The van der Waals surface area contributed by atoms with E-state index in [4.69, 9.17) is 0 Å². The zero-order valence-corrected chi connectivity index (χ0v) is 11.8. The van der Waals surface area contributed by atoms with Gasteiger partial charge in [-0.15, -0.1) is 0 Å². The Bertz CT molecular complexity index is 189. The third-order valence-corrected chi connectivity index (χ3v) is 3.68. The first-order valence-electron chi connectivity index (χ1n) is 7.04. The largest absolute Gasteiger partial charge is 0.311 e. The van der Waals surface area contributed by atoms with Gasteiger partial charge in [0.05, 0.1) is 0 Å². The molecule has 1 aliphatic heterocycles. The highest BCUT2D eigenvalue weighted by Gasteiger charge is 2.26. The van der Waals surface area contributed by atoms with Crippen LogP contribution in [0.4, 0.5) is 0 Å². The van der Waals surface area contributed by atoms with Crippen LogP contribution in [-0.2, 0) is 0 Å². The van der Waals surface area contributed by atoms with E-state index in [2.05, 4.69) is 44.8 Å². The average Bonchev–Trinajstić information content (AvgIpc) is 2.17. The molecule has 0 amide bonds. The van der Waals surface area contributed by atoms with Crippen molar-refractivity contribution in [3.8, 4) is 0 Å². The van der Waals surface area contributed by atoms with Crippen LogP contribution in [0, 0.1) is 5.92 Å². The molecular formula is C14H30N2. The Hall–Kier alpha value is -0.0800. The third kappa shape index (κ3) is 4.06. The van der Waals surface area contributed by atoms with E-state index in [1.807, 2.05) is 0 Å². The first-order valence-corrected chi connectivity index (χ1v) is 7.04. The number of hydrogen-bond acceptors (Lipinski definition) is 2. The number of rotatable bonds is 5. The van der Waals surface area contributed by atoms with Crippen LogP contribution in [0.1, 0.15) is 53.9 Å². The maximum Gasteiger partial charge on any atom is 0.0197 e. The lowest BCUT2D eigenvalue weighted by Gasteiger charge is -2.40. The first-order chi connectivity index (χ1) is 7.54. The molecular weight excluding hydrogens is 196 g/mol. The van der Waals surface area contributed by atoms with E-state index in [1.54, 1.807) is 0 Å². The second-order valence-electron chi connectivity index (χ2n) is 5.88. The molecule has 1 heterocycles. The quantitative estimate of drug-likeness (QED) is 0.775. The minimum Gasteiger partial charge on any atom is -0.311 e. The van der Waals surface area contributed by atoms with Crippen molar-refractivity contribution in [1.29, 1.82) is 0 Å². The summed E-state index contributed by atoms with van der Waals surface area (Å²) in [6.45, 7) is 14.1. The lowest BCUT2D eigenvalue weighted by Crippen LogP contribution is -2.52. The smallest absolute Gasteiger partial charge is 0.0197 e. The Balaban J connectivity index is 2.48. The fourth-order valence-corrected chi connectivity index (χ4v) is 3.07. The molecule has 0 spiro atoms. The van der Waals surface area contributed by atoms with Crippen molar-refractivity contribution in [1.82, 2.24) is 10.2 Å². The Morgan fingerprint density at radius 3 is 2.44 bits per heavy atom. The Morgan fingerprint density at radius 2 is 1.94 bits per heavy atom. The highest BCUT2D eigenvalue weighted by molar-refractivity contribution is 4.84. The van der Waals surface area contributed by atoms with Crippen molar-refractivity contribution in [2.75, 3.05) is 13.1 Å². The summed E-state index contributed by atoms with van der Waals surface area (Å²) in [5.74, 6) is 0.780. The number of nitrogens with one attached hydrogen (secondary N) is 1. The van der Waals surface area contributed by atoms with Crippen LogP contribution in [0.5, 0.6) is 0 Å². The lowest BCUT2D eigenvalue weighted by atomic mass is 9.95. The van der Waals surface area contributed by atoms with Gasteiger partial charge in [0.1, 0.15) is 0 Å². The van der Waals surface area contributed by atoms with Crippen LogP contribution < -0.4 is 5.32 Å². The summed E-state index contributed by atoms with van der Waals surface area (Å²) >= 11 is 0. The Kier molecular flexibility index (Phi) is 5.77. The summed E-state index contributed by atoms with van der Waals surface area (Å²) in [5, 5.41) is 3.69. The van der Waals surface area contributed by atoms with Crippen LogP contribution in [-0.4, -0.2) is 36.1 Å². The molecule has 16 heavy (non-hydrogen) atoms. The van der Waals surface area contributed by atoms with Crippen molar-refractivity contribution in [2.45, 2.75) is 72.0 Å². The molecule has 1 saturated heterocycles. The molecule has 0 aromatic carbocycles. The average molecular weight is 226 g/mol. The molecule has 2 nitrogen and oxygen atoms in total. The Labute approximate surface area is 102 Å². The van der Waals surface area contributed by atoms with Crippen LogP contribution in [0.15, 0.2) is 0 Å². The molecule has 1 fully saturated rings. The van der Waals surface area contributed by atoms with Gasteiger partial charge in [-0.25, -0.2) is 0 Å². The number of likely N-dealkylation sites (tertiary alicyclic amines) is 1. The number of nitrogens with zero attached hydrogens (tertiary/aromatic N) is 1. The van der Waals surface area contributed by atoms with Gasteiger partial charge in [0.25, 0.3) is 0 Å². The second kappa shape index (κ2) is 6.61. The third-order valence-electron chi connectivity index (χ3n) is 3.68. The molecule has 2 unspecified atom stereocenters. The molecule has 0 saturated carbocycles. The molecule has 0 bridgehead atoms. The van der Waals surface area contributed by atoms with Crippen molar-refractivity contribution in [3.05, 3.63) is 0 Å². The molecule has 1 aliphatic rings. The van der Waals surface area contributed by atoms with Crippen molar-refractivity contribution in [2.24, 2.45) is 5.92 Å². The molecule has 96 valence electrons. The van der Waals surface area contributed by atoms with Gasteiger partial charge in [0, 0.05) is 24.7 Å². The van der Waals surface area contributed by atoms with Crippen molar-refractivity contribution in [3.63, 3.8) is 0 Å². The molecule has 2 heteroatoms. The summed E-state index contributed by atoms with van der Waals surface area (Å²) in [5.41, 5.74) is 0. The monoisotopic (exact) mass is 226 g/mol. The van der Waals surface area contributed by atoms with Gasteiger partial charge in [0.15, 0.2) is 0 Å². The lowest BCUT2D eigenvalue weighted by molar-refractivity contribution is 0.102. The predicted molar refractivity (Wildman–Crippen MR) is 71.8 cm³/mol. The van der Waals surface area contributed by atoms with E-state index in [9.17, 15) is 0 Å². The molecule has 2 atom stereocenters. The van der Waals surface area contributed by atoms with E-state index >= 15 is 0 Å². The topological polar surface area (TPSA) is 15.3 Å². The van der Waals surface area contributed by atoms with E-state index in [-0.39, 0.29) is 0 Å². The van der Waals surface area contributed by atoms with Crippen molar-refractivity contribution < 1.29 is 0 Å². The van der Waals surface area contributed by atoms with Gasteiger partial charge >= 0.3 is 0 Å². The predicted octanol–water partition coefficient (Wildman–Crippen LogP) is 2.88. The van der Waals surface area contributed by atoms with E-state index in [0.717, 1.165) is 12.0 Å². The minimum atomic E-state index is 0.615. The van der Waals surface area contributed by atoms with Gasteiger partial charge in [-0.05, 0) is 31.7 Å². The maximum atomic E-state index is 3.69. The summed E-state index contributed by atoms with van der Waals surface area (Å²) in [6.07, 6.45) is 3.99. The summed E-state index contributed by atoms with van der Waals surface area (Å²) in [7, 11) is 0. The van der Waals surface area contributed by atoms with E-state index < -0.39 is 0 Å². The Morgan fingerprint density at radius 1 is 1.25 bits per heavy atom. The van der Waals surface area contributed by atoms with Gasteiger partial charge in [0.2, 0.25) is 0 Å². The summed E-state index contributed by atoms with van der Waals surface area (Å²) in [4.78, 5) is 2.70. The maximum absolute atomic E-state index is 3.69. The highest BCUT2D eigenvalue weighted by atomic mass is 15.2. The van der Waals surface area contributed by atoms with E-state index in [0.29, 0.717) is 12.1 Å². The first kappa shape index (κ1) is 14.0. The molecule has 1 N–H and O–H groups in total. The SMILES string of the molecule is CCC(C(C)C)N1CCCC(NC(C)C)C1. The van der Waals surface area contributed by atoms with Crippen LogP contribution >= 0.6 is 0 Å². The second-order valence-corrected chi connectivity index (χ2v) is 5.88. The molecule has 0 aliphatic carbocycles. The molecule has 0 radical (unpaired) electrons. The summed E-state index contributed by atoms with van der Waals surface area (Å²) in [6, 6.07) is 2.10. The van der Waals surface area contributed by atoms with Gasteiger partial charge in [-0.1, -0.05) is 34.6 Å². The van der Waals surface area contributed by atoms with Crippen LogP contribution in [0.25, 0.3) is 0 Å². The van der Waals surface area contributed by atoms with Gasteiger partial charge in [-0.3, -0.25) is 4.90 Å². The molecule has 0 aromatic heterocycles. The summed E-state index contributed by atoms with van der Waals surface area (Å²) < 4.78 is 0. The van der Waals surface area contributed by atoms with Crippen LogP contribution in [0.3, 0.4) is 0 Å². The van der Waals surface area contributed by atoms with Gasteiger partial charge in [-0.2, -0.15) is 0 Å².